The predicted octanol–water partition coefficient (Wildman–Crippen LogP) is 7.58. The maximum atomic E-state index is 13.9. The standard InChI is InChI=1S/C35H39F3N2O2/c1-23-9-10-24(2)33(25(23)3)42-19-5-7-26-11-13-28(14-12-26)31-17-18-39-21-32(31)34(41)40(30-15-16-30)22-27-6-4-8-29(20-27)35(36,37)38/h4,6,8-14,20,30,39H,5,7,15-19,21-22H2,1-3H3. The second kappa shape index (κ2) is 12.7. The summed E-state index contributed by atoms with van der Waals surface area (Å²) in [5, 5.41) is 3.33. The van der Waals surface area contributed by atoms with Crippen molar-refractivity contribution in [2.24, 2.45) is 0 Å². The average molecular weight is 577 g/mol. The zero-order valence-corrected chi connectivity index (χ0v) is 24.6. The van der Waals surface area contributed by atoms with Gasteiger partial charge in [0, 0.05) is 24.7 Å². The molecule has 1 N–H and O–H groups in total. The number of ether oxygens (including phenoxy) is 1. The molecule has 1 aliphatic carbocycles. The van der Waals surface area contributed by atoms with E-state index in [1.54, 1.807) is 11.0 Å². The molecule has 1 heterocycles. The van der Waals surface area contributed by atoms with Gasteiger partial charge in [0.1, 0.15) is 5.75 Å². The number of benzene rings is 3. The van der Waals surface area contributed by atoms with Crippen molar-refractivity contribution in [2.75, 3.05) is 19.7 Å². The fraction of sp³-hybridized carbons (Fsp3) is 0.400. The smallest absolute Gasteiger partial charge is 0.416 e. The molecule has 3 aromatic rings. The van der Waals surface area contributed by atoms with Crippen LogP contribution in [0.2, 0.25) is 0 Å². The van der Waals surface area contributed by atoms with Crippen molar-refractivity contribution in [1.82, 2.24) is 10.2 Å². The van der Waals surface area contributed by atoms with Gasteiger partial charge in [-0.3, -0.25) is 4.79 Å². The van der Waals surface area contributed by atoms with Crippen molar-refractivity contribution >= 4 is 11.5 Å². The molecular weight excluding hydrogens is 537 g/mol. The third kappa shape index (κ3) is 7.06. The molecule has 3 aromatic carbocycles. The minimum absolute atomic E-state index is 0.0692. The molecule has 0 spiro atoms. The molecule has 4 nitrogen and oxygen atoms in total. The molecule has 1 amide bonds. The Kier molecular flexibility index (Phi) is 9.07. The van der Waals surface area contributed by atoms with Gasteiger partial charge in [-0.1, -0.05) is 48.5 Å². The summed E-state index contributed by atoms with van der Waals surface area (Å²) in [4.78, 5) is 15.6. The van der Waals surface area contributed by atoms with E-state index in [-0.39, 0.29) is 18.5 Å². The van der Waals surface area contributed by atoms with Gasteiger partial charge in [0.15, 0.2) is 0 Å². The number of rotatable bonds is 10. The first-order chi connectivity index (χ1) is 20.1. The summed E-state index contributed by atoms with van der Waals surface area (Å²) in [5.41, 5.74) is 7.36. The lowest BCUT2D eigenvalue weighted by atomic mass is 9.92. The summed E-state index contributed by atoms with van der Waals surface area (Å²) in [7, 11) is 0. The Bertz CT molecular complexity index is 1460. The summed E-state index contributed by atoms with van der Waals surface area (Å²) in [5.74, 6) is 0.897. The van der Waals surface area contributed by atoms with E-state index in [4.69, 9.17) is 4.74 Å². The van der Waals surface area contributed by atoms with Gasteiger partial charge in [-0.15, -0.1) is 0 Å². The number of hydrogen-bond donors (Lipinski definition) is 1. The van der Waals surface area contributed by atoms with Crippen LogP contribution < -0.4 is 10.1 Å². The minimum Gasteiger partial charge on any atom is -0.493 e. The number of nitrogens with zero attached hydrogens (tertiary/aromatic N) is 1. The summed E-state index contributed by atoms with van der Waals surface area (Å²) in [6, 6.07) is 18.0. The van der Waals surface area contributed by atoms with E-state index in [2.05, 4.69) is 62.5 Å². The van der Waals surface area contributed by atoms with Gasteiger partial charge in [0.2, 0.25) is 0 Å². The molecule has 2 aliphatic rings. The third-order valence-electron chi connectivity index (χ3n) is 8.36. The average Bonchev–Trinajstić information content (AvgIpc) is 3.83. The number of nitrogens with one attached hydrogen (secondary N) is 1. The number of alkyl halides is 3. The van der Waals surface area contributed by atoms with E-state index in [9.17, 15) is 18.0 Å². The first-order valence-electron chi connectivity index (χ1n) is 14.8. The van der Waals surface area contributed by atoms with E-state index in [0.29, 0.717) is 24.3 Å². The van der Waals surface area contributed by atoms with Crippen LogP contribution in [0.3, 0.4) is 0 Å². The van der Waals surface area contributed by atoms with Gasteiger partial charge in [-0.2, -0.15) is 13.2 Å². The topological polar surface area (TPSA) is 41.6 Å². The molecule has 42 heavy (non-hydrogen) atoms. The van der Waals surface area contributed by atoms with Crippen LogP contribution in [-0.2, 0) is 23.9 Å². The van der Waals surface area contributed by atoms with Crippen LogP contribution in [0.15, 0.2) is 66.2 Å². The molecule has 1 aliphatic heterocycles. The number of aryl methyl sites for hydroxylation is 3. The summed E-state index contributed by atoms with van der Waals surface area (Å²) >= 11 is 0. The molecule has 1 saturated carbocycles. The summed E-state index contributed by atoms with van der Waals surface area (Å²) in [6.45, 7) is 8.32. The predicted molar refractivity (Wildman–Crippen MR) is 160 cm³/mol. The Balaban J connectivity index is 1.26. The Morgan fingerprint density at radius 1 is 0.976 bits per heavy atom. The van der Waals surface area contributed by atoms with Crippen molar-refractivity contribution in [3.05, 3.63) is 105 Å². The highest BCUT2D eigenvalue weighted by Gasteiger charge is 2.36. The van der Waals surface area contributed by atoms with Crippen molar-refractivity contribution < 1.29 is 22.7 Å². The fourth-order valence-electron chi connectivity index (χ4n) is 5.65. The zero-order chi connectivity index (χ0) is 29.9. The van der Waals surface area contributed by atoms with Crippen molar-refractivity contribution in [1.29, 1.82) is 0 Å². The van der Waals surface area contributed by atoms with E-state index < -0.39 is 11.7 Å². The van der Waals surface area contributed by atoms with Crippen LogP contribution in [-0.4, -0.2) is 36.5 Å². The Labute approximate surface area is 246 Å². The second-order valence-corrected chi connectivity index (χ2v) is 11.5. The highest BCUT2D eigenvalue weighted by atomic mass is 19.4. The second-order valence-electron chi connectivity index (χ2n) is 11.5. The van der Waals surface area contributed by atoms with Gasteiger partial charge in [-0.05, 0) is 111 Å². The lowest BCUT2D eigenvalue weighted by molar-refractivity contribution is -0.137. The van der Waals surface area contributed by atoms with Crippen LogP contribution >= 0.6 is 0 Å². The van der Waals surface area contributed by atoms with Gasteiger partial charge in [0.25, 0.3) is 5.91 Å². The third-order valence-corrected chi connectivity index (χ3v) is 8.36. The van der Waals surface area contributed by atoms with Crippen LogP contribution in [0, 0.1) is 20.8 Å². The number of hydrogen-bond acceptors (Lipinski definition) is 3. The van der Waals surface area contributed by atoms with Crippen LogP contribution in [0.4, 0.5) is 13.2 Å². The number of halogens is 3. The number of amides is 1. The molecule has 0 bridgehead atoms. The zero-order valence-electron chi connectivity index (χ0n) is 24.6. The van der Waals surface area contributed by atoms with Gasteiger partial charge < -0.3 is 15.0 Å². The first kappa shape index (κ1) is 29.9. The normalized spacial score (nSPS) is 15.6. The summed E-state index contributed by atoms with van der Waals surface area (Å²) < 4.78 is 46.0. The summed E-state index contributed by atoms with van der Waals surface area (Å²) in [6.07, 6.45) is -0.140. The van der Waals surface area contributed by atoms with Gasteiger partial charge in [-0.25, -0.2) is 0 Å². The quantitative estimate of drug-likeness (QED) is 0.253. The molecule has 222 valence electrons. The van der Waals surface area contributed by atoms with Crippen molar-refractivity contribution in [3.8, 4) is 5.75 Å². The molecular formula is C35H39F3N2O2. The lowest BCUT2D eigenvalue weighted by Gasteiger charge is -2.28. The van der Waals surface area contributed by atoms with E-state index in [1.807, 2.05) is 0 Å². The Morgan fingerprint density at radius 3 is 2.43 bits per heavy atom. The Morgan fingerprint density at radius 2 is 1.71 bits per heavy atom. The number of carbonyl (C=O) groups excluding carboxylic acids is 1. The van der Waals surface area contributed by atoms with E-state index in [0.717, 1.165) is 73.2 Å². The molecule has 0 unspecified atom stereocenters. The molecule has 7 heteroatoms. The number of carbonyl (C=O) groups is 1. The monoisotopic (exact) mass is 576 g/mol. The van der Waals surface area contributed by atoms with Crippen LogP contribution in [0.1, 0.15) is 64.6 Å². The highest BCUT2D eigenvalue weighted by molar-refractivity contribution is 6.02. The maximum absolute atomic E-state index is 13.9. The van der Waals surface area contributed by atoms with Gasteiger partial charge >= 0.3 is 6.18 Å². The van der Waals surface area contributed by atoms with E-state index in [1.165, 1.54) is 22.8 Å². The molecule has 0 aromatic heterocycles. The lowest BCUT2D eigenvalue weighted by Crippen LogP contribution is -2.39. The first-order valence-corrected chi connectivity index (χ1v) is 14.8. The van der Waals surface area contributed by atoms with Crippen molar-refractivity contribution in [2.45, 2.75) is 71.6 Å². The van der Waals surface area contributed by atoms with Gasteiger partial charge in [0.05, 0.1) is 12.2 Å². The fourth-order valence-corrected chi connectivity index (χ4v) is 5.65. The molecule has 0 radical (unpaired) electrons. The molecule has 0 atom stereocenters. The molecule has 5 rings (SSSR count). The largest absolute Gasteiger partial charge is 0.493 e. The molecule has 1 fully saturated rings. The van der Waals surface area contributed by atoms with Crippen LogP contribution in [0.25, 0.3) is 5.57 Å². The Hall–Kier alpha value is -3.58. The molecule has 0 saturated heterocycles. The SMILES string of the molecule is Cc1ccc(C)c(OCCCc2ccc(C3=C(C(=O)N(Cc4cccc(C(F)(F)F)c4)C4CC4)CNCC3)cc2)c1C. The highest BCUT2D eigenvalue weighted by Crippen LogP contribution is 2.34. The minimum atomic E-state index is -4.41. The van der Waals surface area contributed by atoms with E-state index >= 15 is 0 Å². The maximum Gasteiger partial charge on any atom is 0.416 e. The van der Waals surface area contributed by atoms with Crippen LogP contribution in [0.5, 0.6) is 5.75 Å². The van der Waals surface area contributed by atoms with Crippen molar-refractivity contribution in [3.63, 3.8) is 0 Å².